The van der Waals surface area contributed by atoms with Gasteiger partial charge in [0.15, 0.2) is 9.84 Å². The third kappa shape index (κ3) is 2.97. The number of carbonyl (C=O) groups is 1. The van der Waals surface area contributed by atoms with E-state index >= 15 is 0 Å². The van der Waals surface area contributed by atoms with E-state index in [1.807, 2.05) is 0 Å². The Hall–Kier alpha value is -0.580. The van der Waals surface area contributed by atoms with Crippen molar-refractivity contribution in [3.8, 4) is 0 Å². The van der Waals surface area contributed by atoms with E-state index in [9.17, 15) is 13.2 Å². The summed E-state index contributed by atoms with van der Waals surface area (Å²) < 4.78 is 23.2. The van der Waals surface area contributed by atoms with E-state index in [-0.39, 0.29) is 11.7 Å². The predicted octanol–water partition coefficient (Wildman–Crippen LogP) is 1.07. The lowest BCUT2D eigenvalue weighted by Gasteiger charge is -2.31. The fourth-order valence-electron chi connectivity index (χ4n) is 1.89. The van der Waals surface area contributed by atoms with Crippen molar-refractivity contribution in [2.75, 3.05) is 18.8 Å². The summed E-state index contributed by atoms with van der Waals surface area (Å²) in [6.45, 7) is 6.64. The van der Waals surface area contributed by atoms with E-state index in [1.54, 1.807) is 11.8 Å². The monoisotopic (exact) mass is 247 g/mol. The normalized spacial score (nSPS) is 20.8. The van der Waals surface area contributed by atoms with Crippen molar-refractivity contribution in [1.29, 1.82) is 0 Å². The van der Waals surface area contributed by atoms with Gasteiger partial charge in [-0.1, -0.05) is 13.8 Å². The summed E-state index contributed by atoms with van der Waals surface area (Å²) in [6.07, 6.45) is 1.95. The van der Waals surface area contributed by atoms with E-state index in [0.29, 0.717) is 19.0 Å². The maximum atomic E-state index is 12.0. The van der Waals surface area contributed by atoms with E-state index in [2.05, 4.69) is 6.92 Å². The molecule has 1 unspecified atom stereocenters. The Bertz CT molecular complexity index is 342. The molecule has 0 aliphatic carbocycles. The third-order valence-electron chi connectivity index (χ3n) is 3.38. The van der Waals surface area contributed by atoms with Crippen LogP contribution in [0.15, 0.2) is 0 Å². The molecule has 1 aliphatic rings. The highest BCUT2D eigenvalue weighted by Crippen LogP contribution is 2.18. The zero-order valence-corrected chi connectivity index (χ0v) is 11.1. The highest BCUT2D eigenvalue weighted by molar-refractivity contribution is 7.92. The first-order valence-corrected chi connectivity index (χ1v) is 7.60. The molecule has 0 aromatic rings. The van der Waals surface area contributed by atoms with Gasteiger partial charge in [0.25, 0.3) is 0 Å². The number of rotatable bonds is 3. The van der Waals surface area contributed by atoms with Gasteiger partial charge in [0.05, 0.1) is 0 Å². The molecule has 5 heteroatoms. The Morgan fingerprint density at radius 1 is 1.38 bits per heavy atom. The molecule has 1 fully saturated rings. The van der Waals surface area contributed by atoms with E-state index < -0.39 is 15.1 Å². The number of hydrogen-bond donors (Lipinski definition) is 0. The van der Waals surface area contributed by atoms with Crippen molar-refractivity contribution in [2.45, 2.75) is 38.9 Å². The minimum Gasteiger partial charge on any atom is -0.342 e. The van der Waals surface area contributed by atoms with Crippen molar-refractivity contribution in [3.05, 3.63) is 0 Å². The van der Waals surface area contributed by atoms with Crippen molar-refractivity contribution < 1.29 is 13.2 Å². The van der Waals surface area contributed by atoms with Crippen LogP contribution in [-0.2, 0) is 14.6 Å². The zero-order valence-electron chi connectivity index (χ0n) is 10.3. The van der Waals surface area contributed by atoms with Gasteiger partial charge < -0.3 is 4.90 Å². The van der Waals surface area contributed by atoms with Crippen LogP contribution in [-0.4, -0.2) is 43.3 Å². The topological polar surface area (TPSA) is 54.5 Å². The quantitative estimate of drug-likeness (QED) is 0.749. The highest BCUT2D eigenvalue weighted by atomic mass is 32.2. The van der Waals surface area contributed by atoms with Crippen molar-refractivity contribution in [2.24, 2.45) is 5.92 Å². The predicted molar refractivity (Wildman–Crippen MR) is 63.9 cm³/mol. The van der Waals surface area contributed by atoms with Crippen LogP contribution in [0, 0.1) is 5.92 Å². The molecule has 1 amide bonds. The van der Waals surface area contributed by atoms with Crippen molar-refractivity contribution in [3.63, 3.8) is 0 Å². The zero-order chi connectivity index (χ0) is 12.3. The van der Waals surface area contributed by atoms with Crippen LogP contribution < -0.4 is 0 Å². The summed E-state index contributed by atoms with van der Waals surface area (Å²) in [5.41, 5.74) is 0. The number of hydrogen-bond acceptors (Lipinski definition) is 3. The van der Waals surface area contributed by atoms with E-state index in [0.717, 1.165) is 12.8 Å². The maximum Gasteiger partial charge on any atom is 0.240 e. The number of likely N-dealkylation sites (tertiary alicyclic amines) is 1. The molecule has 1 saturated heterocycles. The number of amides is 1. The molecule has 0 aromatic carbocycles. The van der Waals surface area contributed by atoms with Crippen LogP contribution in [0.2, 0.25) is 0 Å². The Balaban J connectivity index is 2.65. The minimum absolute atomic E-state index is 0.0319. The Labute approximate surface area is 97.9 Å². The summed E-state index contributed by atoms with van der Waals surface area (Å²) in [6, 6.07) is 0. The molecule has 1 heterocycles. The first-order chi connectivity index (χ1) is 7.38. The molecule has 94 valence electrons. The van der Waals surface area contributed by atoms with Crippen LogP contribution in [0.1, 0.15) is 33.6 Å². The average molecular weight is 247 g/mol. The van der Waals surface area contributed by atoms with Gasteiger partial charge in [-0.2, -0.15) is 0 Å². The molecular formula is C11H21NO3S. The van der Waals surface area contributed by atoms with Crippen LogP contribution in [0.25, 0.3) is 0 Å². The largest absolute Gasteiger partial charge is 0.342 e. The van der Waals surface area contributed by atoms with Crippen LogP contribution in [0.4, 0.5) is 0 Å². The first-order valence-electron chi connectivity index (χ1n) is 5.88. The molecular weight excluding hydrogens is 226 g/mol. The third-order valence-corrected chi connectivity index (χ3v) is 5.47. The molecule has 0 radical (unpaired) electrons. The SMILES string of the molecule is CCS(=O)(=O)C(C)C(=O)N1CCC(C)CC1. The minimum atomic E-state index is -3.25. The van der Waals surface area contributed by atoms with Crippen molar-refractivity contribution in [1.82, 2.24) is 4.90 Å². The van der Waals surface area contributed by atoms with E-state index in [1.165, 1.54) is 6.92 Å². The van der Waals surface area contributed by atoms with Gasteiger partial charge in [-0.05, 0) is 25.7 Å². The van der Waals surface area contributed by atoms with Gasteiger partial charge in [0, 0.05) is 18.8 Å². The van der Waals surface area contributed by atoms with Gasteiger partial charge in [-0.15, -0.1) is 0 Å². The standard InChI is InChI=1S/C11H21NO3S/c1-4-16(14,15)10(3)11(13)12-7-5-9(2)6-8-12/h9-10H,4-8H2,1-3H3. The molecule has 0 spiro atoms. The molecule has 0 saturated carbocycles. The fourth-order valence-corrected chi connectivity index (χ4v) is 2.85. The molecule has 1 rings (SSSR count). The lowest BCUT2D eigenvalue weighted by Crippen LogP contribution is -2.45. The van der Waals surface area contributed by atoms with Gasteiger partial charge in [-0.25, -0.2) is 8.42 Å². The maximum absolute atomic E-state index is 12.0. The molecule has 4 nitrogen and oxygen atoms in total. The van der Waals surface area contributed by atoms with Gasteiger partial charge in [0.1, 0.15) is 5.25 Å². The summed E-state index contributed by atoms with van der Waals surface area (Å²) in [4.78, 5) is 13.6. The molecule has 0 N–H and O–H groups in total. The van der Waals surface area contributed by atoms with E-state index in [4.69, 9.17) is 0 Å². The summed E-state index contributed by atoms with van der Waals surface area (Å²) in [5, 5.41) is -0.883. The summed E-state index contributed by atoms with van der Waals surface area (Å²) in [5.74, 6) is 0.445. The number of carbonyl (C=O) groups excluding carboxylic acids is 1. The van der Waals surface area contributed by atoms with Crippen molar-refractivity contribution >= 4 is 15.7 Å². The lowest BCUT2D eigenvalue weighted by atomic mass is 9.99. The second-order valence-electron chi connectivity index (χ2n) is 4.60. The van der Waals surface area contributed by atoms with Crippen LogP contribution in [0.3, 0.4) is 0 Å². The Morgan fingerprint density at radius 3 is 2.31 bits per heavy atom. The average Bonchev–Trinajstić information content (AvgIpc) is 2.28. The molecule has 1 atom stereocenters. The number of sulfone groups is 1. The molecule has 16 heavy (non-hydrogen) atoms. The van der Waals surface area contributed by atoms with Gasteiger partial charge in [0.2, 0.25) is 5.91 Å². The lowest BCUT2D eigenvalue weighted by molar-refractivity contribution is -0.131. The number of nitrogens with zero attached hydrogens (tertiary/aromatic N) is 1. The van der Waals surface area contributed by atoms with Gasteiger partial charge in [-0.3, -0.25) is 4.79 Å². The highest BCUT2D eigenvalue weighted by Gasteiger charge is 2.31. The number of piperidine rings is 1. The molecule has 0 aromatic heterocycles. The second kappa shape index (κ2) is 5.17. The second-order valence-corrected chi connectivity index (χ2v) is 7.21. The molecule has 1 aliphatic heterocycles. The van der Waals surface area contributed by atoms with Crippen LogP contribution in [0.5, 0.6) is 0 Å². The summed E-state index contributed by atoms with van der Waals surface area (Å²) in [7, 11) is -3.25. The van der Waals surface area contributed by atoms with Gasteiger partial charge >= 0.3 is 0 Å². The summed E-state index contributed by atoms with van der Waals surface area (Å²) >= 11 is 0. The fraction of sp³-hybridized carbons (Fsp3) is 0.909. The van der Waals surface area contributed by atoms with Crippen LogP contribution >= 0.6 is 0 Å². The molecule has 0 bridgehead atoms. The Morgan fingerprint density at radius 2 is 1.88 bits per heavy atom. The first kappa shape index (κ1) is 13.5. The smallest absolute Gasteiger partial charge is 0.240 e. The Kier molecular flexibility index (Phi) is 4.35.